The number of carbonyl (C=O) groups is 1. The Hall–Kier alpha value is -3.77. The van der Waals surface area contributed by atoms with Crippen molar-refractivity contribution in [2.24, 2.45) is 17.8 Å². The minimum Gasteiger partial charge on any atom is -0.394 e. The van der Waals surface area contributed by atoms with Crippen LogP contribution in [-0.2, 0) is 17.6 Å². The number of rotatable bonds is 20. The van der Waals surface area contributed by atoms with Gasteiger partial charge in [-0.25, -0.2) is 4.98 Å². The summed E-state index contributed by atoms with van der Waals surface area (Å²) >= 11 is 1.66. The topological polar surface area (TPSA) is 66.0 Å². The van der Waals surface area contributed by atoms with E-state index in [1.807, 2.05) is 14.0 Å². The maximum absolute atomic E-state index is 13.3. The summed E-state index contributed by atoms with van der Waals surface area (Å²) in [6, 6.07) is 6.65. The molecule has 312 valence electrons. The van der Waals surface area contributed by atoms with Gasteiger partial charge in [-0.3, -0.25) is 4.79 Å². The fraction of sp³-hybridized carbons (Fsp3) is 0.520. The molecule has 1 aromatic carbocycles. The Labute approximate surface area is 348 Å². The third-order valence-corrected chi connectivity index (χ3v) is 10.9. The van der Waals surface area contributed by atoms with E-state index in [9.17, 15) is 4.79 Å². The van der Waals surface area contributed by atoms with Crippen molar-refractivity contribution in [3.8, 4) is 0 Å². The smallest absolute Gasteiger partial charge is 0.242 e. The quantitative estimate of drug-likeness (QED) is 0.0922. The minimum absolute atomic E-state index is 0.0811. The van der Waals surface area contributed by atoms with Crippen LogP contribution in [0.1, 0.15) is 135 Å². The van der Waals surface area contributed by atoms with Crippen LogP contribution in [0.3, 0.4) is 0 Å². The molecule has 0 spiro atoms. The van der Waals surface area contributed by atoms with Gasteiger partial charge < -0.3 is 16.0 Å². The molecule has 56 heavy (non-hydrogen) atoms. The molecule has 0 bridgehead atoms. The maximum Gasteiger partial charge on any atom is 0.242 e. The van der Waals surface area contributed by atoms with Crippen molar-refractivity contribution in [2.45, 2.75) is 145 Å². The monoisotopic (exact) mass is 785 g/mol. The van der Waals surface area contributed by atoms with Gasteiger partial charge in [-0.1, -0.05) is 128 Å². The molecule has 3 atom stereocenters. The number of hydrogen-bond donors (Lipinski definition) is 3. The zero-order chi connectivity index (χ0) is 42.6. The number of carbonyl (C=O) groups excluding carboxylic acids is 1. The second-order valence-corrected chi connectivity index (χ2v) is 16.1. The molecule has 2 saturated carbocycles. The summed E-state index contributed by atoms with van der Waals surface area (Å²) in [6.45, 7) is 41.2. The number of allylic oxidation sites excluding steroid dienone is 3. The largest absolute Gasteiger partial charge is 0.394 e. The van der Waals surface area contributed by atoms with Crippen molar-refractivity contribution in [3.05, 3.63) is 122 Å². The number of fused-ring (bicyclic) bond motifs is 1. The molecule has 2 aromatic rings. The van der Waals surface area contributed by atoms with E-state index in [1.54, 1.807) is 18.0 Å². The number of nitrogens with zero attached hydrogens (tertiary/aromatic N) is 1. The highest BCUT2D eigenvalue weighted by molar-refractivity contribution is 8.10. The summed E-state index contributed by atoms with van der Waals surface area (Å²) in [5.41, 5.74) is 8.01. The lowest BCUT2D eigenvalue weighted by atomic mass is 9.95. The van der Waals surface area contributed by atoms with Gasteiger partial charge in [0.1, 0.15) is 6.04 Å². The zero-order valence-corrected chi connectivity index (χ0v) is 37.9. The van der Waals surface area contributed by atoms with Crippen molar-refractivity contribution in [1.29, 1.82) is 0 Å². The van der Waals surface area contributed by atoms with E-state index in [1.165, 1.54) is 66.2 Å². The number of unbranched alkanes of at least 4 members (excludes halogenated alkanes) is 4. The van der Waals surface area contributed by atoms with Gasteiger partial charge in [0, 0.05) is 29.1 Å². The minimum atomic E-state index is -0.289. The van der Waals surface area contributed by atoms with E-state index in [2.05, 4.69) is 146 Å². The molecule has 1 aromatic heterocycles. The first-order valence-electron chi connectivity index (χ1n) is 21.0. The molecule has 3 N–H and O–H groups in total. The Bertz CT molecular complexity index is 1530. The SMILES string of the molecule is C=C.C=C.C=C(C)NC(CCCc1cc(C(=C)S/C=C(\C)C(C)C)nc2c(C)c(CC)ccc12)C(=O)NC1C[C@H]1/C=C\CCCCCC.C=CNC.CC1CC1. The summed E-state index contributed by atoms with van der Waals surface area (Å²) in [5, 5.41) is 12.7. The fourth-order valence-electron chi connectivity index (χ4n) is 5.70. The van der Waals surface area contributed by atoms with Crippen molar-refractivity contribution >= 4 is 33.5 Å². The van der Waals surface area contributed by atoms with Gasteiger partial charge in [0.2, 0.25) is 5.91 Å². The second-order valence-electron chi connectivity index (χ2n) is 15.2. The average molecular weight is 785 g/mol. The van der Waals surface area contributed by atoms with Crippen molar-refractivity contribution in [1.82, 2.24) is 20.9 Å². The molecule has 0 saturated heterocycles. The van der Waals surface area contributed by atoms with Gasteiger partial charge in [0.05, 0.1) is 11.2 Å². The molecule has 0 aliphatic heterocycles. The van der Waals surface area contributed by atoms with E-state index in [-0.39, 0.29) is 18.0 Å². The van der Waals surface area contributed by atoms with Crippen LogP contribution in [0, 0.1) is 24.7 Å². The number of pyridine rings is 1. The predicted octanol–water partition coefficient (Wildman–Crippen LogP) is 13.6. The van der Waals surface area contributed by atoms with Gasteiger partial charge >= 0.3 is 0 Å². The predicted molar refractivity (Wildman–Crippen MR) is 254 cm³/mol. The number of aromatic nitrogens is 1. The van der Waals surface area contributed by atoms with E-state index in [0.717, 1.165) is 66.3 Å². The molecule has 1 amide bonds. The normalized spacial score (nSPS) is 16.0. The standard InChI is InChI=1S/C39H57N3OS.C4H8.C3H7N.2C2H4/c1-10-12-13-14-15-16-18-33-24-37(33)42-39(43)35(40-27(5)6)20-17-19-32-23-36(30(9)44-25-28(7)26(3)4)41-38-29(8)31(11-2)21-22-34(32)38;1-4-2-3-4;1-3-4-2;2*1-2/h16,18,21-23,25-26,33,35,37,40H,5,9-15,17,19-20,24H2,1-4,6-8H3,(H,42,43);4H,2-3H2,1H3;3-4H,1H2,2H3;2*1-2H2/b18-16-,28-25+;;;;/t33-,35?,37?;;;;/m1..../s1. The summed E-state index contributed by atoms with van der Waals surface area (Å²) < 4.78 is 0. The fourth-order valence-corrected chi connectivity index (χ4v) is 6.53. The molecule has 2 unspecified atom stereocenters. The highest BCUT2D eigenvalue weighted by Gasteiger charge is 2.37. The third-order valence-electron chi connectivity index (χ3n) is 9.92. The van der Waals surface area contributed by atoms with E-state index in [0.29, 0.717) is 11.8 Å². The Kier molecular flexibility index (Phi) is 28.3. The molecule has 2 aliphatic carbocycles. The molecular formula is C50H80N4OS. The van der Waals surface area contributed by atoms with Crippen LogP contribution in [0.4, 0.5) is 0 Å². The molecule has 0 radical (unpaired) electrons. The Morgan fingerprint density at radius 3 is 2.20 bits per heavy atom. The Morgan fingerprint density at radius 1 is 1.02 bits per heavy atom. The van der Waals surface area contributed by atoms with Crippen LogP contribution in [0.2, 0.25) is 0 Å². The summed E-state index contributed by atoms with van der Waals surface area (Å²) in [7, 11) is 1.81. The lowest BCUT2D eigenvalue weighted by Crippen LogP contribution is -2.44. The molecule has 2 aliphatic rings. The number of amides is 1. The molecule has 4 rings (SSSR count). The number of thioether (sulfide) groups is 1. The highest BCUT2D eigenvalue weighted by atomic mass is 32.2. The van der Waals surface area contributed by atoms with E-state index >= 15 is 0 Å². The third kappa shape index (κ3) is 20.9. The van der Waals surface area contributed by atoms with Gasteiger partial charge in [-0.2, -0.15) is 0 Å². The van der Waals surface area contributed by atoms with E-state index < -0.39 is 0 Å². The zero-order valence-electron chi connectivity index (χ0n) is 37.1. The lowest BCUT2D eigenvalue weighted by molar-refractivity contribution is -0.123. The highest BCUT2D eigenvalue weighted by Crippen LogP contribution is 2.34. The van der Waals surface area contributed by atoms with Gasteiger partial charge in [0.15, 0.2) is 0 Å². The van der Waals surface area contributed by atoms with Crippen LogP contribution in [-0.4, -0.2) is 30.0 Å². The van der Waals surface area contributed by atoms with Crippen LogP contribution in [0.5, 0.6) is 0 Å². The first-order chi connectivity index (χ1) is 26.9. The van der Waals surface area contributed by atoms with Crippen LogP contribution < -0.4 is 16.0 Å². The first-order valence-corrected chi connectivity index (χ1v) is 21.9. The first kappa shape index (κ1) is 52.2. The van der Waals surface area contributed by atoms with E-state index in [4.69, 9.17) is 4.98 Å². The lowest BCUT2D eigenvalue weighted by Gasteiger charge is -2.20. The maximum atomic E-state index is 13.3. The number of hydrogen-bond acceptors (Lipinski definition) is 5. The molecular weight excluding hydrogens is 705 g/mol. The van der Waals surface area contributed by atoms with Crippen LogP contribution in [0.15, 0.2) is 99.3 Å². The van der Waals surface area contributed by atoms with Crippen molar-refractivity contribution in [2.75, 3.05) is 7.05 Å². The van der Waals surface area contributed by atoms with Gasteiger partial charge in [0.25, 0.3) is 0 Å². The Balaban J connectivity index is 0.00000220. The van der Waals surface area contributed by atoms with Gasteiger partial charge in [-0.15, -0.1) is 26.3 Å². The Morgan fingerprint density at radius 2 is 1.66 bits per heavy atom. The number of aryl methyl sites for hydroxylation is 3. The van der Waals surface area contributed by atoms with Crippen molar-refractivity contribution < 1.29 is 4.79 Å². The number of nitrogens with one attached hydrogen (secondary N) is 3. The molecule has 5 nitrogen and oxygen atoms in total. The average Bonchev–Trinajstić information content (AvgIpc) is 4.15. The van der Waals surface area contributed by atoms with Crippen LogP contribution in [0.25, 0.3) is 15.8 Å². The van der Waals surface area contributed by atoms with Gasteiger partial charge in [-0.05, 0) is 118 Å². The number of benzene rings is 1. The summed E-state index contributed by atoms with van der Waals surface area (Å²) in [6.07, 6.45) is 20.0. The molecule has 1 heterocycles. The molecule has 2 fully saturated rings. The summed E-state index contributed by atoms with van der Waals surface area (Å²) in [4.78, 5) is 19.4. The molecule has 6 heteroatoms. The van der Waals surface area contributed by atoms with Crippen molar-refractivity contribution in [3.63, 3.8) is 0 Å². The second kappa shape index (κ2) is 30.4. The van der Waals surface area contributed by atoms with Crippen LogP contribution >= 0.6 is 11.8 Å². The summed E-state index contributed by atoms with van der Waals surface area (Å²) in [5.74, 6) is 2.14.